The molecule has 1 aromatic heterocycles. The number of thioether (sulfide) groups is 1. The van der Waals surface area contributed by atoms with Gasteiger partial charge >= 0.3 is 13.6 Å². The smallest absolute Gasteiger partial charge is 0.378 e. The van der Waals surface area contributed by atoms with Crippen LogP contribution in [0, 0.1) is 0 Å². The Labute approximate surface area is 226 Å². The maximum atomic E-state index is 14.6. The molecule has 2 aliphatic rings. The van der Waals surface area contributed by atoms with Crippen LogP contribution in [0.5, 0.6) is 0 Å². The van der Waals surface area contributed by atoms with E-state index in [1.807, 2.05) is 17.5 Å². The van der Waals surface area contributed by atoms with Gasteiger partial charge in [-0.3, -0.25) is 32.9 Å². The molecule has 2 amide bonds. The van der Waals surface area contributed by atoms with Crippen molar-refractivity contribution in [3.63, 3.8) is 0 Å². The fourth-order valence-corrected chi connectivity index (χ4v) is 8.91. The van der Waals surface area contributed by atoms with E-state index in [-0.39, 0.29) is 30.1 Å². The van der Waals surface area contributed by atoms with Crippen LogP contribution in [0.3, 0.4) is 0 Å². The summed E-state index contributed by atoms with van der Waals surface area (Å²) in [5.41, 5.74) is -3.02. The lowest BCUT2D eigenvalue weighted by molar-refractivity contribution is -0.190. The number of thiophene rings is 1. The molecule has 0 aliphatic carbocycles. The molecular formula is C24H35N2O8PS2. The molecule has 3 rings (SSSR count). The van der Waals surface area contributed by atoms with Crippen LogP contribution in [0.4, 0.5) is 0 Å². The zero-order valence-corrected chi connectivity index (χ0v) is 24.9. The molecule has 0 spiro atoms. The molecule has 2 aliphatic heterocycles. The number of carbonyl (C=O) groups excluding carboxylic acids is 3. The fourth-order valence-electron chi connectivity index (χ4n) is 3.94. The van der Waals surface area contributed by atoms with Gasteiger partial charge in [0.15, 0.2) is 0 Å². The summed E-state index contributed by atoms with van der Waals surface area (Å²) < 4.78 is 37.5. The molecule has 0 aromatic carbocycles. The Morgan fingerprint density at radius 2 is 1.81 bits per heavy atom. The van der Waals surface area contributed by atoms with Crippen LogP contribution < -0.4 is 5.32 Å². The summed E-state index contributed by atoms with van der Waals surface area (Å²) in [5.74, 6) is -1.27. The van der Waals surface area contributed by atoms with Gasteiger partial charge in [0.2, 0.25) is 5.91 Å². The summed E-state index contributed by atoms with van der Waals surface area (Å²) >= 11 is 2.74. The van der Waals surface area contributed by atoms with E-state index < -0.39 is 41.8 Å². The van der Waals surface area contributed by atoms with Crippen molar-refractivity contribution >= 4 is 48.5 Å². The van der Waals surface area contributed by atoms with Gasteiger partial charge in [0, 0.05) is 30.2 Å². The Balaban J connectivity index is 2.04. The molecule has 2 atom stereocenters. The summed E-state index contributed by atoms with van der Waals surface area (Å²) in [6.07, 6.45) is 0.0899. The van der Waals surface area contributed by atoms with Crippen molar-refractivity contribution in [2.24, 2.45) is 0 Å². The molecule has 0 saturated carbocycles. The first-order chi connectivity index (χ1) is 17.0. The standard InChI is InChI=1S/C24H35N2O8PS2/c1-15(27)32-13-16-14-37-21-24(31-8,25-18(28)12-17-10-9-11-36-17)20(29)26(21)19(16)35(30,33-22(2,3)4)34-23(5,6)7/h9-11,21H,12-14H2,1-8H3,(H,25,28)/t21-,24+/m1/s1. The zero-order valence-electron chi connectivity index (χ0n) is 22.4. The van der Waals surface area contributed by atoms with Crippen LogP contribution in [-0.4, -0.2) is 64.5 Å². The molecule has 1 fully saturated rings. The van der Waals surface area contributed by atoms with E-state index in [1.165, 1.54) is 42.0 Å². The zero-order chi connectivity index (χ0) is 27.8. The number of rotatable bonds is 9. The molecule has 1 aromatic rings. The first kappa shape index (κ1) is 29.9. The highest BCUT2D eigenvalue weighted by Gasteiger charge is 2.68. The number of methoxy groups -OCH3 is 1. The number of fused-ring (bicyclic) bond motifs is 1. The summed E-state index contributed by atoms with van der Waals surface area (Å²) in [5, 5.41) is 3.88. The van der Waals surface area contributed by atoms with E-state index in [4.69, 9.17) is 18.5 Å². The van der Waals surface area contributed by atoms with Gasteiger partial charge in [0.05, 0.1) is 17.6 Å². The average molecular weight is 575 g/mol. The molecule has 0 bridgehead atoms. The molecule has 1 N–H and O–H groups in total. The lowest BCUT2D eigenvalue weighted by atomic mass is 10.0. The number of carbonyl (C=O) groups is 3. The monoisotopic (exact) mass is 574 g/mol. The highest BCUT2D eigenvalue weighted by molar-refractivity contribution is 8.00. The number of hydrogen-bond acceptors (Lipinski definition) is 10. The third kappa shape index (κ3) is 6.66. The minimum Gasteiger partial charge on any atom is -0.461 e. The summed E-state index contributed by atoms with van der Waals surface area (Å²) in [6, 6.07) is 3.68. The van der Waals surface area contributed by atoms with Gasteiger partial charge in [-0.15, -0.1) is 23.1 Å². The van der Waals surface area contributed by atoms with Crippen molar-refractivity contribution in [1.29, 1.82) is 0 Å². The van der Waals surface area contributed by atoms with Crippen molar-refractivity contribution < 1.29 is 37.5 Å². The van der Waals surface area contributed by atoms with Crippen molar-refractivity contribution in [2.45, 2.75) is 77.2 Å². The van der Waals surface area contributed by atoms with E-state index in [0.29, 0.717) is 5.57 Å². The van der Waals surface area contributed by atoms with Crippen molar-refractivity contribution in [3.8, 4) is 0 Å². The Kier molecular flexibility index (Phi) is 8.73. The number of β-lactam (4-membered cyclic amide) rings is 1. The van der Waals surface area contributed by atoms with Crippen molar-refractivity contribution in [2.75, 3.05) is 19.5 Å². The predicted molar refractivity (Wildman–Crippen MR) is 142 cm³/mol. The molecule has 0 unspecified atom stereocenters. The lowest BCUT2D eigenvalue weighted by Gasteiger charge is -2.57. The average Bonchev–Trinajstić information content (AvgIpc) is 3.25. The van der Waals surface area contributed by atoms with E-state index in [9.17, 15) is 18.9 Å². The second-order valence-electron chi connectivity index (χ2n) is 10.7. The maximum absolute atomic E-state index is 14.6. The van der Waals surface area contributed by atoms with Gasteiger partial charge in [-0.05, 0) is 53.0 Å². The molecule has 10 nitrogen and oxygen atoms in total. The molecule has 206 valence electrons. The Bertz CT molecular complexity index is 1100. The number of ether oxygens (including phenoxy) is 2. The van der Waals surface area contributed by atoms with Crippen LogP contribution in [0.15, 0.2) is 28.5 Å². The lowest BCUT2D eigenvalue weighted by Crippen LogP contribution is -2.80. The quantitative estimate of drug-likeness (QED) is 0.200. The van der Waals surface area contributed by atoms with Crippen LogP contribution in [0.2, 0.25) is 0 Å². The second-order valence-corrected chi connectivity index (χ2v) is 14.6. The Hall–Kier alpha value is -1.69. The molecule has 1 saturated heterocycles. The van der Waals surface area contributed by atoms with E-state index in [2.05, 4.69) is 5.32 Å². The third-order valence-electron chi connectivity index (χ3n) is 5.14. The number of hydrogen-bond donors (Lipinski definition) is 1. The highest BCUT2D eigenvalue weighted by atomic mass is 32.2. The van der Waals surface area contributed by atoms with Gasteiger partial charge in [-0.2, -0.15) is 0 Å². The van der Waals surface area contributed by atoms with Crippen molar-refractivity contribution in [1.82, 2.24) is 10.2 Å². The van der Waals surface area contributed by atoms with Gasteiger partial charge in [0.25, 0.3) is 11.6 Å². The first-order valence-corrected chi connectivity index (χ1v) is 15.2. The second kappa shape index (κ2) is 10.8. The van der Waals surface area contributed by atoms with Crippen LogP contribution in [0.25, 0.3) is 0 Å². The predicted octanol–water partition coefficient (Wildman–Crippen LogP) is 4.26. The van der Waals surface area contributed by atoms with Crippen LogP contribution in [-0.2, 0) is 43.9 Å². The van der Waals surface area contributed by atoms with E-state index >= 15 is 0 Å². The SMILES string of the molecule is CO[C@@]1(NC(=O)Cc2cccs2)C(=O)N2C(P(=O)(OC(C)(C)C)OC(C)(C)C)=C(COC(C)=O)CS[C@@H]21. The minimum atomic E-state index is -4.17. The first-order valence-electron chi connectivity index (χ1n) is 11.7. The Morgan fingerprint density at radius 3 is 2.30 bits per heavy atom. The highest BCUT2D eigenvalue weighted by Crippen LogP contribution is 2.67. The maximum Gasteiger partial charge on any atom is 0.378 e. The van der Waals surface area contributed by atoms with Crippen molar-refractivity contribution in [3.05, 3.63) is 33.4 Å². The summed E-state index contributed by atoms with van der Waals surface area (Å²) in [4.78, 5) is 40.3. The summed E-state index contributed by atoms with van der Waals surface area (Å²) in [6.45, 7) is 11.5. The third-order valence-corrected chi connectivity index (χ3v) is 10.0. The largest absolute Gasteiger partial charge is 0.461 e. The number of nitrogens with zero attached hydrogens (tertiary/aromatic N) is 1. The Morgan fingerprint density at radius 1 is 1.19 bits per heavy atom. The topological polar surface area (TPSA) is 120 Å². The fraction of sp³-hybridized carbons (Fsp3) is 0.625. The van der Waals surface area contributed by atoms with E-state index in [1.54, 1.807) is 41.5 Å². The van der Waals surface area contributed by atoms with Crippen LogP contribution in [0.1, 0.15) is 53.3 Å². The summed E-state index contributed by atoms with van der Waals surface area (Å²) in [7, 11) is -2.82. The normalized spacial score (nSPS) is 22.4. The molecular weight excluding hydrogens is 539 g/mol. The molecule has 0 radical (unpaired) electrons. The molecule has 3 heterocycles. The molecule has 13 heteroatoms. The van der Waals surface area contributed by atoms with Gasteiger partial charge in [0.1, 0.15) is 17.4 Å². The number of amides is 2. The van der Waals surface area contributed by atoms with E-state index in [0.717, 1.165) is 4.88 Å². The number of esters is 1. The van der Waals surface area contributed by atoms with Gasteiger partial charge in [-0.25, -0.2) is 0 Å². The van der Waals surface area contributed by atoms with Gasteiger partial charge < -0.3 is 14.8 Å². The molecule has 37 heavy (non-hydrogen) atoms. The number of nitrogens with one attached hydrogen (secondary N) is 1. The minimum absolute atomic E-state index is 0.0209. The van der Waals surface area contributed by atoms with Crippen LogP contribution >= 0.6 is 30.7 Å². The van der Waals surface area contributed by atoms with Gasteiger partial charge in [-0.1, -0.05) is 6.07 Å².